The summed E-state index contributed by atoms with van der Waals surface area (Å²) in [7, 11) is 0. The minimum atomic E-state index is -1.05. The zero-order valence-corrected chi connectivity index (χ0v) is 25.7. The summed E-state index contributed by atoms with van der Waals surface area (Å²) in [5, 5.41) is 0. The van der Waals surface area contributed by atoms with Crippen molar-refractivity contribution in [3.05, 3.63) is 11.6 Å². The molecule has 1 spiro atoms. The van der Waals surface area contributed by atoms with Crippen LogP contribution in [0.4, 0.5) is 0 Å². The summed E-state index contributed by atoms with van der Waals surface area (Å²) in [5.74, 6) is -3.34. The highest BCUT2D eigenvalue weighted by molar-refractivity contribution is 5.85. The summed E-state index contributed by atoms with van der Waals surface area (Å²) in [6, 6.07) is 0. The van der Waals surface area contributed by atoms with Gasteiger partial charge in [0.25, 0.3) is 0 Å². The van der Waals surface area contributed by atoms with Gasteiger partial charge in [-0.25, -0.2) is 4.79 Å². The van der Waals surface area contributed by atoms with Crippen LogP contribution in [0.3, 0.4) is 0 Å². The maximum Gasteiger partial charge on any atom is 0.331 e. The lowest BCUT2D eigenvalue weighted by Gasteiger charge is -2.64. The molecule has 2 heterocycles. The van der Waals surface area contributed by atoms with Gasteiger partial charge in [0, 0.05) is 38.3 Å². The molecule has 0 bridgehead atoms. The van der Waals surface area contributed by atoms with E-state index in [0.717, 1.165) is 0 Å². The van der Waals surface area contributed by atoms with Crippen LogP contribution in [0, 0.1) is 28.6 Å². The highest BCUT2D eigenvalue weighted by Crippen LogP contribution is 2.70. The van der Waals surface area contributed by atoms with Crippen molar-refractivity contribution >= 4 is 29.8 Å². The number of epoxide rings is 1. The summed E-state index contributed by atoms with van der Waals surface area (Å²) >= 11 is 0. The van der Waals surface area contributed by atoms with Crippen LogP contribution in [-0.2, 0) is 52.4 Å². The monoisotopic (exact) mass is 592 g/mol. The average molecular weight is 593 g/mol. The molecule has 2 aliphatic heterocycles. The van der Waals surface area contributed by atoms with E-state index in [9.17, 15) is 24.0 Å². The Balaban J connectivity index is 1.89. The lowest BCUT2D eigenvalue weighted by Crippen LogP contribution is -2.71. The minimum Gasteiger partial charge on any atom is -0.465 e. The molecule has 0 aromatic carbocycles. The van der Waals surface area contributed by atoms with E-state index in [1.165, 1.54) is 26.8 Å². The first-order chi connectivity index (χ1) is 19.7. The van der Waals surface area contributed by atoms with Crippen LogP contribution in [0.25, 0.3) is 0 Å². The van der Waals surface area contributed by atoms with E-state index in [0.29, 0.717) is 37.9 Å². The second-order valence-electron chi connectivity index (χ2n) is 12.8. The molecule has 3 fully saturated rings. The summed E-state index contributed by atoms with van der Waals surface area (Å²) < 4.78 is 35.2. The number of carbonyl (C=O) groups is 5. The lowest BCUT2D eigenvalue weighted by atomic mass is 9.42. The van der Waals surface area contributed by atoms with Crippen molar-refractivity contribution in [3.8, 4) is 0 Å². The Morgan fingerprint density at radius 1 is 1.10 bits per heavy atom. The predicted molar refractivity (Wildman–Crippen MR) is 146 cm³/mol. The van der Waals surface area contributed by atoms with Crippen LogP contribution in [0.15, 0.2) is 11.6 Å². The summed E-state index contributed by atoms with van der Waals surface area (Å²) in [6.45, 7) is 12.1. The molecule has 4 rings (SSSR count). The van der Waals surface area contributed by atoms with Crippen LogP contribution in [0.2, 0.25) is 0 Å². The molecular formula is C31H44O11. The number of rotatable bonds is 10. The molecule has 1 saturated heterocycles. The third-order valence-corrected chi connectivity index (χ3v) is 10.2. The first-order valence-electron chi connectivity index (χ1n) is 14.9. The van der Waals surface area contributed by atoms with E-state index < -0.39 is 64.5 Å². The minimum absolute atomic E-state index is 0.0000482. The van der Waals surface area contributed by atoms with E-state index in [1.54, 1.807) is 0 Å². The first kappa shape index (κ1) is 32.0. The Bertz CT molecular complexity index is 1140. The number of fused-ring (bicyclic) bond motifs is 2. The summed E-state index contributed by atoms with van der Waals surface area (Å²) in [6.07, 6.45) is 1.53. The fraction of sp³-hybridized carbons (Fsp3) is 0.774. The molecule has 1 unspecified atom stereocenters. The van der Waals surface area contributed by atoms with Crippen molar-refractivity contribution in [1.82, 2.24) is 0 Å². The Hall–Kier alpha value is -2.95. The molecular weight excluding hydrogens is 548 g/mol. The van der Waals surface area contributed by atoms with E-state index >= 15 is 0 Å². The van der Waals surface area contributed by atoms with E-state index in [4.69, 9.17) is 28.4 Å². The standard InChI is InChI=1S/C31H44O11/c1-8-17(2)28(36)42-23-9-10-30(15-39-30)31(16-38-19(4)32)25(41-21(6)34)11-18(3)29(7,27(23)31)13-24(40-20(5)33)22-12-26(35)37-14-22/h12,17-18,23-25,27H,8-11,13-16H2,1-7H3/t17-,18+,23+,24-,25-,27+,29-,30?,31+/m0/s1. The van der Waals surface area contributed by atoms with Gasteiger partial charge in [0.05, 0.1) is 17.9 Å². The van der Waals surface area contributed by atoms with Gasteiger partial charge in [-0.2, -0.15) is 0 Å². The predicted octanol–water partition coefficient (Wildman–Crippen LogP) is 3.46. The van der Waals surface area contributed by atoms with Crippen LogP contribution >= 0.6 is 0 Å². The number of carbonyl (C=O) groups excluding carboxylic acids is 5. The van der Waals surface area contributed by atoms with Gasteiger partial charge < -0.3 is 28.4 Å². The first-order valence-corrected chi connectivity index (χ1v) is 14.9. The van der Waals surface area contributed by atoms with E-state index in [-0.39, 0.29) is 37.4 Å². The molecule has 2 aliphatic carbocycles. The Labute approximate surface area is 246 Å². The third kappa shape index (κ3) is 5.81. The zero-order chi connectivity index (χ0) is 31.0. The highest BCUT2D eigenvalue weighted by Gasteiger charge is 2.77. The van der Waals surface area contributed by atoms with Crippen molar-refractivity contribution in [2.75, 3.05) is 19.8 Å². The number of hydrogen-bond acceptors (Lipinski definition) is 11. The molecule has 4 aliphatic rings. The molecule has 0 aromatic heterocycles. The Kier molecular flexibility index (Phi) is 9.11. The largest absolute Gasteiger partial charge is 0.465 e. The fourth-order valence-electron chi connectivity index (χ4n) is 7.70. The normalized spacial score (nSPS) is 36.5. The molecule has 0 N–H and O–H groups in total. The van der Waals surface area contributed by atoms with Gasteiger partial charge in [-0.05, 0) is 43.4 Å². The second-order valence-corrected chi connectivity index (χ2v) is 12.8. The van der Waals surface area contributed by atoms with Gasteiger partial charge in [0.2, 0.25) is 0 Å². The quantitative estimate of drug-likeness (QED) is 0.209. The third-order valence-electron chi connectivity index (χ3n) is 10.2. The topological polar surface area (TPSA) is 144 Å². The van der Waals surface area contributed by atoms with Gasteiger partial charge in [0.1, 0.15) is 37.1 Å². The maximum absolute atomic E-state index is 13.3. The maximum atomic E-state index is 13.3. The number of hydrogen-bond donors (Lipinski definition) is 0. The van der Waals surface area contributed by atoms with Gasteiger partial charge in [-0.1, -0.05) is 27.7 Å². The number of esters is 5. The van der Waals surface area contributed by atoms with Crippen LogP contribution in [0.5, 0.6) is 0 Å². The molecule has 2 saturated carbocycles. The van der Waals surface area contributed by atoms with Crippen molar-refractivity contribution in [2.24, 2.45) is 28.6 Å². The fourth-order valence-corrected chi connectivity index (χ4v) is 7.70. The second kappa shape index (κ2) is 12.0. The van der Waals surface area contributed by atoms with Gasteiger partial charge in [-0.3, -0.25) is 19.2 Å². The molecule has 11 nitrogen and oxygen atoms in total. The molecule has 0 amide bonds. The molecule has 11 heteroatoms. The lowest BCUT2D eigenvalue weighted by molar-refractivity contribution is -0.260. The van der Waals surface area contributed by atoms with Gasteiger partial charge in [0.15, 0.2) is 0 Å². The number of cyclic esters (lactones) is 1. The van der Waals surface area contributed by atoms with E-state index in [1.807, 2.05) is 20.8 Å². The molecule has 234 valence electrons. The average Bonchev–Trinajstić information content (AvgIpc) is 3.56. The molecule has 42 heavy (non-hydrogen) atoms. The van der Waals surface area contributed by atoms with Crippen molar-refractivity contribution in [1.29, 1.82) is 0 Å². The molecule has 9 atom stereocenters. The van der Waals surface area contributed by atoms with Crippen molar-refractivity contribution in [3.63, 3.8) is 0 Å². The Morgan fingerprint density at radius 3 is 2.31 bits per heavy atom. The van der Waals surface area contributed by atoms with Crippen LogP contribution < -0.4 is 0 Å². The van der Waals surface area contributed by atoms with Crippen LogP contribution in [0.1, 0.15) is 80.6 Å². The SMILES string of the molecule is CC[C@H](C)C(=O)O[C@@H]1CCC2(CO2)[C@]2(COC(C)=O)[C@@H](OC(C)=O)C[C@@H](C)[C@](C)(C[C@H](OC(C)=O)C3=CC(=O)OC3)[C@@H]12. The number of ether oxygens (including phenoxy) is 6. The molecule has 0 radical (unpaired) electrons. The van der Waals surface area contributed by atoms with Gasteiger partial charge in [-0.15, -0.1) is 0 Å². The van der Waals surface area contributed by atoms with Gasteiger partial charge >= 0.3 is 29.8 Å². The summed E-state index contributed by atoms with van der Waals surface area (Å²) in [4.78, 5) is 62.3. The van der Waals surface area contributed by atoms with Crippen molar-refractivity contribution in [2.45, 2.75) is 104 Å². The van der Waals surface area contributed by atoms with E-state index in [2.05, 4.69) is 6.92 Å². The van der Waals surface area contributed by atoms with Crippen LogP contribution in [-0.4, -0.2) is 73.6 Å². The smallest absolute Gasteiger partial charge is 0.331 e. The van der Waals surface area contributed by atoms with Crippen molar-refractivity contribution < 1.29 is 52.4 Å². The summed E-state index contributed by atoms with van der Waals surface area (Å²) in [5.41, 5.74) is -2.01. The Morgan fingerprint density at radius 2 is 1.79 bits per heavy atom. The zero-order valence-electron chi connectivity index (χ0n) is 25.7. The highest BCUT2D eigenvalue weighted by atomic mass is 16.6. The molecule has 0 aromatic rings.